The molecule has 162 valence electrons. The van der Waals surface area contributed by atoms with Gasteiger partial charge in [0, 0.05) is 25.6 Å². The van der Waals surface area contributed by atoms with Gasteiger partial charge >= 0.3 is 6.09 Å². The minimum Gasteiger partial charge on any atom is -0.444 e. The highest BCUT2D eigenvalue weighted by Gasteiger charge is 2.32. The van der Waals surface area contributed by atoms with E-state index < -0.39 is 5.60 Å². The Hall–Kier alpha value is -3.15. The van der Waals surface area contributed by atoms with Gasteiger partial charge in [-0.25, -0.2) is 9.78 Å². The molecular weight excluding hydrogens is 390 g/mol. The van der Waals surface area contributed by atoms with Gasteiger partial charge in [0.15, 0.2) is 5.82 Å². The van der Waals surface area contributed by atoms with Gasteiger partial charge in [-0.3, -0.25) is 4.79 Å². The van der Waals surface area contributed by atoms with Crippen molar-refractivity contribution in [1.82, 2.24) is 14.5 Å². The van der Waals surface area contributed by atoms with Crippen molar-refractivity contribution in [1.29, 1.82) is 0 Å². The lowest BCUT2D eigenvalue weighted by Crippen LogP contribution is -2.43. The maximum absolute atomic E-state index is 13.5. The van der Waals surface area contributed by atoms with E-state index in [0.717, 1.165) is 16.6 Å². The number of carbonyl (C=O) groups is 2. The summed E-state index contributed by atoms with van der Waals surface area (Å²) in [6.07, 6.45) is 0.925. The van der Waals surface area contributed by atoms with Gasteiger partial charge in [-0.05, 0) is 51.3 Å². The van der Waals surface area contributed by atoms with E-state index in [2.05, 4.69) is 12.1 Å². The SMILES string of the molecule is CC(C)(C)OC(=O)N1CCC(C(=O)c2nc3ccccc3n2Cc2ccccc2)CC1. The first-order chi connectivity index (χ1) is 14.8. The Balaban J connectivity index is 1.53. The van der Waals surface area contributed by atoms with Crippen LogP contribution in [0.1, 0.15) is 49.8 Å². The van der Waals surface area contributed by atoms with E-state index >= 15 is 0 Å². The average Bonchev–Trinajstić information content (AvgIpc) is 3.11. The number of imidazole rings is 1. The van der Waals surface area contributed by atoms with Gasteiger partial charge in [0.25, 0.3) is 0 Å². The molecule has 0 saturated carbocycles. The summed E-state index contributed by atoms with van der Waals surface area (Å²) in [5.41, 5.74) is 2.39. The molecule has 0 aliphatic carbocycles. The van der Waals surface area contributed by atoms with Crippen molar-refractivity contribution in [3.05, 3.63) is 66.0 Å². The highest BCUT2D eigenvalue weighted by atomic mass is 16.6. The number of piperidine rings is 1. The first-order valence-corrected chi connectivity index (χ1v) is 10.8. The zero-order chi connectivity index (χ0) is 22.0. The number of nitrogens with zero attached hydrogens (tertiary/aromatic N) is 3. The molecule has 1 aliphatic rings. The quantitative estimate of drug-likeness (QED) is 0.564. The number of carbonyl (C=O) groups excluding carboxylic acids is 2. The molecule has 0 atom stereocenters. The number of amides is 1. The Kier molecular flexibility index (Phi) is 5.81. The lowest BCUT2D eigenvalue weighted by Gasteiger charge is -2.32. The summed E-state index contributed by atoms with van der Waals surface area (Å²) in [6.45, 7) is 7.21. The number of rotatable bonds is 4. The molecule has 3 aromatic rings. The first kappa shape index (κ1) is 21.1. The molecule has 2 aromatic carbocycles. The van der Waals surface area contributed by atoms with E-state index in [1.807, 2.05) is 67.8 Å². The van der Waals surface area contributed by atoms with Crippen LogP contribution in [0.4, 0.5) is 4.79 Å². The lowest BCUT2D eigenvalue weighted by molar-refractivity contribution is 0.0181. The van der Waals surface area contributed by atoms with Gasteiger partial charge in [-0.2, -0.15) is 0 Å². The molecule has 31 heavy (non-hydrogen) atoms. The predicted octanol–water partition coefficient (Wildman–Crippen LogP) is 4.91. The predicted molar refractivity (Wildman–Crippen MR) is 120 cm³/mol. The van der Waals surface area contributed by atoms with Crippen LogP contribution in [0.15, 0.2) is 54.6 Å². The van der Waals surface area contributed by atoms with Crippen molar-refractivity contribution in [3.63, 3.8) is 0 Å². The largest absolute Gasteiger partial charge is 0.444 e. The molecule has 1 amide bonds. The Morgan fingerprint density at radius 2 is 1.65 bits per heavy atom. The van der Waals surface area contributed by atoms with E-state index in [9.17, 15) is 9.59 Å². The molecule has 1 aliphatic heterocycles. The third-order valence-corrected chi connectivity index (χ3v) is 5.58. The number of fused-ring (bicyclic) bond motifs is 1. The Morgan fingerprint density at radius 3 is 2.32 bits per heavy atom. The van der Waals surface area contributed by atoms with Crippen LogP contribution in [0.3, 0.4) is 0 Å². The summed E-state index contributed by atoms with van der Waals surface area (Å²) in [4.78, 5) is 32.2. The number of aromatic nitrogens is 2. The maximum Gasteiger partial charge on any atom is 0.410 e. The average molecular weight is 420 g/mol. The molecule has 2 heterocycles. The minimum absolute atomic E-state index is 0.0518. The van der Waals surface area contributed by atoms with Crippen LogP contribution < -0.4 is 0 Å². The summed E-state index contributed by atoms with van der Waals surface area (Å²) in [7, 11) is 0. The fourth-order valence-corrected chi connectivity index (χ4v) is 4.02. The number of ether oxygens (including phenoxy) is 1. The zero-order valence-corrected chi connectivity index (χ0v) is 18.4. The highest BCUT2D eigenvalue weighted by molar-refractivity contribution is 5.98. The number of Topliss-reactive ketones (excluding diaryl/α,β-unsaturated/α-hetero) is 1. The van der Waals surface area contributed by atoms with Crippen LogP contribution in [0, 0.1) is 5.92 Å². The van der Waals surface area contributed by atoms with Gasteiger partial charge in [0.1, 0.15) is 5.60 Å². The normalized spacial score (nSPS) is 15.3. The van der Waals surface area contributed by atoms with Crippen molar-refractivity contribution in [2.75, 3.05) is 13.1 Å². The van der Waals surface area contributed by atoms with E-state index in [0.29, 0.717) is 38.3 Å². The molecule has 1 fully saturated rings. The van der Waals surface area contributed by atoms with Gasteiger partial charge in [0.05, 0.1) is 11.0 Å². The zero-order valence-electron chi connectivity index (χ0n) is 18.4. The molecule has 0 bridgehead atoms. The maximum atomic E-state index is 13.5. The smallest absolute Gasteiger partial charge is 0.410 e. The van der Waals surface area contributed by atoms with Crippen molar-refractivity contribution in [2.24, 2.45) is 5.92 Å². The summed E-state index contributed by atoms with van der Waals surface area (Å²) in [5, 5.41) is 0. The summed E-state index contributed by atoms with van der Waals surface area (Å²) in [5.74, 6) is 0.404. The second-order valence-electron chi connectivity index (χ2n) is 9.10. The highest BCUT2D eigenvalue weighted by Crippen LogP contribution is 2.26. The minimum atomic E-state index is -0.522. The second kappa shape index (κ2) is 8.53. The van der Waals surface area contributed by atoms with Crippen molar-refractivity contribution >= 4 is 22.9 Å². The van der Waals surface area contributed by atoms with Crippen molar-refractivity contribution < 1.29 is 14.3 Å². The van der Waals surface area contributed by atoms with Crippen LogP contribution in [0.5, 0.6) is 0 Å². The van der Waals surface area contributed by atoms with E-state index in [4.69, 9.17) is 9.72 Å². The first-order valence-electron chi connectivity index (χ1n) is 10.8. The van der Waals surface area contributed by atoms with E-state index in [1.54, 1.807) is 4.90 Å². The van der Waals surface area contributed by atoms with Gasteiger partial charge in [-0.15, -0.1) is 0 Å². The molecule has 6 heteroatoms. The molecule has 6 nitrogen and oxygen atoms in total. The molecule has 0 N–H and O–H groups in total. The molecule has 0 spiro atoms. The summed E-state index contributed by atoms with van der Waals surface area (Å²) < 4.78 is 7.49. The summed E-state index contributed by atoms with van der Waals surface area (Å²) >= 11 is 0. The molecular formula is C25H29N3O3. The topological polar surface area (TPSA) is 64.4 Å². The van der Waals surface area contributed by atoms with Crippen LogP contribution in [0.25, 0.3) is 11.0 Å². The van der Waals surface area contributed by atoms with Crippen molar-refractivity contribution in [2.45, 2.75) is 45.8 Å². The molecule has 4 rings (SSSR count). The molecule has 0 unspecified atom stereocenters. The standard InChI is InChI=1S/C25H29N3O3/c1-25(2,3)31-24(30)27-15-13-19(14-16-27)22(29)23-26-20-11-7-8-12-21(20)28(23)17-18-9-5-4-6-10-18/h4-12,19H,13-17H2,1-3H3. The number of ketones is 1. The molecule has 0 radical (unpaired) electrons. The Morgan fingerprint density at radius 1 is 1.00 bits per heavy atom. The third kappa shape index (κ3) is 4.79. The number of para-hydroxylation sites is 2. The number of likely N-dealkylation sites (tertiary alicyclic amines) is 1. The van der Waals surface area contributed by atoms with Crippen molar-refractivity contribution in [3.8, 4) is 0 Å². The number of benzene rings is 2. The van der Waals surface area contributed by atoms with Gasteiger partial charge < -0.3 is 14.2 Å². The van der Waals surface area contributed by atoms with Crippen LogP contribution in [-0.4, -0.2) is 45.0 Å². The van der Waals surface area contributed by atoms with Crippen LogP contribution in [0.2, 0.25) is 0 Å². The van der Waals surface area contributed by atoms with Gasteiger partial charge in [-0.1, -0.05) is 42.5 Å². The van der Waals surface area contributed by atoms with E-state index in [-0.39, 0.29) is 17.8 Å². The monoisotopic (exact) mass is 419 g/mol. The third-order valence-electron chi connectivity index (χ3n) is 5.58. The summed E-state index contributed by atoms with van der Waals surface area (Å²) in [6, 6.07) is 18.0. The second-order valence-corrected chi connectivity index (χ2v) is 9.10. The number of hydrogen-bond donors (Lipinski definition) is 0. The van der Waals surface area contributed by atoms with Crippen LogP contribution in [-0.2, 0) is 11.3 Å². The lowest BCUT2D eigenvalue weighted by atomic mass is 9.92. The fourth-order valence-electron chi connectivity index (χ4n) is 4.02. The Bertz CT molecular complexity index is 1070. The Labute approximate surface area is 182 Å². The fraction of sp³-hybridized carbons (Fsp3) is 0.400. The number of hydrogen-bond acceptors (Lipinski definition) is 4. The van der Waals surface area contributed by atoms with Gasteiger partial charge in [0.2, 0.25) is 5.78 Å². The molecule has 1 saturated heterocycles. The molecule has 1 aromatic heterocycles. The van der Waals surface area contributed by atoms with Crippen LogP contribution >= 0.6 is 0 Å². The van der Waals surface area contributed by atoms with E-state index in [1.165, 1.54) is 0 Å².